The second kappa shape index (κ2) is 5.33. The lowest BCUT2D eigenvalue weighted by Crippen LogP contribution is -1.96. The fourth-order valence-corrected chi connectivity index (χ4v) is 3.33. The number of nitrogens with two attached hydrogens (primary N) is 2. The summed E-state index contributed by atoms with van der Waals surface area (Å²) >= 11 is 0. The van der Waals surface area contributed by atoms with Gasteiger partial charge in [-0.3, -0.25) is 0 Å². The Bertz CT molecular complexity index is 935. The van der Waals surface area contributed by atoms with Gasteiger partial charge in [-0.2, -0.15) is 0 Å². The molecule has 0 saturated heterocycles. The molecule has 0 atom stereocenters. The van der Waals surface area contributed by atoms with Crippen molar-refractivity contribution in [3.8, 4) is 0 Å². The van der Waals surface area contributed by atoms with Crippen LogP contribution in [-0.4, -0.2) is 0 Å². The number of anilines is 2. The van der Waals surface area contributed by atoms with Crippen LogP contribution in [0.2, 0.25) is 0 Å². The van der Waals surface area contributed by atoms with Gasteiger partial charge in [-0.15, -0.1) is 0 Å². The lowest BCUT2D eigenvalue weighted by atomic mass is 9.94. The minimum absolute atomic E-state index is 0.798. The average Bonchev–Trinajstić information content (AvgIpc) is 2.54. The van der Waals surface area contributed by atoms with Gasteiger partial charge in [-0.05, 0) is 63.4 Å². The van der Waals surface area contributed by atoms with Crippen LogP contribution in [0.5, 0.6) is 0 Å². The Balaban J connectivity index is 1.92. The van der Waals surface area contributed by atoms with Crippen LogP contribution in [0, 0.1) is 0 Å². The predicted molar refractivity (Wildman–Crippen MR) is 99.5 cm³/mol. The van der Waals surface area contributed by atoms with Gasteiger partial charge in [-0.25, -0.2) is 0 Å². The molecule has 23 heavy (non-hydrogen) atoms. The van der Waals surface area contributed by atoms with Gasteiger partial charge in [0.1, 0.15) is 0 Å². The lowest BCUT2D eigenvalue weighted by Gasteiger charge is -2.12. The molecule has 4 N–H and O–H groups in total. The highest BCUT2D eigenvalue weighted by atomic mass is 14.5. The molecule has 0 radical (unpaired) electrons. The molecular weight excluding hydrogens is 280 g/mol. The summed E-state index contributed by atoms with van der Waals surface area (Å²) in [6.45, 7) is 0. The lowest BCUT2D eigenvalue weighted by molar-refractivity contribution is 1.24. The molecule has 0 aliphatic carbocycles. The topological polar surface area (TPSA) is 52.0 Å². The molecule has 0 spiro atoms. The van der Waals surface area contributed by atoms with Crippen LogP contribution in [0.15, 0.2) is 72.8 Å². The van der Waals surface area contributed by atoms with Crippen molar-refractivity contribution in [2.24, 2.45) is 0 Å². The zero-order valence-corrected chi connectivity index (χ0v) is 12.8. The van der Waals surface area contributed by atoms with Crippen molar-refractivity contribution in [1.29, 1.82) is 0 Å². The molecule has 0 aromatic heterocycles. The maximum absolute atomic E-state index is 6.10. The molecule has 0 aliphatic rings. The minimum atomic E-state index is 0.798. The summed E-state index contributed by atoms with van der Waals surface area (Å²) in [6, 6.07) is 24.9. The van der Waals surface area contributed by atoms with E-state index in [2.05, 4.69) is 48.5 Å². The Hall–Kier alpha value is -3.00. The van der Waals surface area contributed by atoms with E-state index in [1.165, 1.54) is 32.7 Å². The second-order valence-electron chi connectivity index (χ2n) is 5.98. The summed E-state index contributed by atoms with van der Waals surface area (Å²) in [6.07, 6.45) is 0.817. The number of hydrogen-bond donors (Lipinski definition) is 2. The fraction of sp³-hybridized carbons (Fsp3) is 0.0476. The van der Waals surface area contributed by atoms with Crippen molar-refractivity contribution in [2.75, 3.05) is 11.5 Å². The monoisotopic (exact) mass is 298 g/mol. The summed E-state index contributed by atoms with van der Waals surface area (Å²) in [4.78, 5) is 0. The van der Waals surface area contributed by atoms with Gasteiger partial charge in [0.15, 0.2) is 0 Å². The summed E-state index contributed by atoms with van der Waals surface area (Å²) in [5.41, 5.74) is 16.3. The van der Waals surface area contributed by atoms with E-state index in [1.807, 2.05) is 24.3 Å². The van der Waals surface area contributed by atoms with Crippen molar-refractivity contribution in [3.63, 3.8) is 0 Å². The summed E-state index contributed by atoms with van der Waals surface area (Å²) in [7, 11) is 0. The highest BCUT2D eigenvalue weighted by Crippen LogP contribution is 2.29. The second-order valence-corrected chi connectivity index (χ2v) is 5.98. The van der Waals surface area contributed by atoms with Crippen LogP contribution >= 0.6 is 0 Å². The van der Waals surface area contributed by atoms with Gasteiger partial charge in [0.2, 0.25) is 0 Å². The third-order valence-corrected chi connectivity index (χ3v) is 4.32. The Kier molecular flexibility index (Phi) is 3.16. The van der Waals surface area contributed by atoms with Gasteiger partial charge < -0.3 is 11.5 Å². The third-order valence-electron chi connectivity index (χ3n) is 4.32. The average molecular weight is 298 g/mol. The first-order valence-electron chi connectivity index (χ1n) is 7.75. The van der Waals surface area contributed by atoms with E-state index >= 15 is 0 Å². The van der Waals surface area contributed by atoms with Crippen LogP contribution in [0.4, 0.5) is 11.4 Å². The Morgan fingerprint density at radius 2 is 1.00 bits per heavy atom. The van der Waals surface area contributed by atoms with E-state index in [4.69, 9.17) is 11.5 Å². The SMILES string of the molecule is Nc1cc(Cc2cc(N)cc3ccccc23)c2ccccc2c1. The van der Waals surface area contributed by atoms with E-state index in [1.54, 1.807) is 0 Å². The van der Waals surface area contributed by atoms with E-state index in [0.717, 1.165) is 17.8 Å². The number of rotatable bonds is 2. The first-order chi connectivity index (χ1) is 11.2. The zero-order valence-electron chi connectivity index (χ0n) is 12.8. The molecule has 2 nitrogen and oxygen atoms in total. The molecular formula is C21H18N2. The molecule has 4 aromatic carbocycles. The summed E-state index contributed by atoms with van der Waals surface area (Å²) in [5.74, 6) is 0. The summed E-state index contributed by atoms with van der Waals surface area (Å²) < 4.78 is 0. The molecule has 4 aromatic rings. The van der Waals surface area contributed by atoms with Crippen molar-refractivity contribution < 1.29 is 0 Å². The van der Waals surface area contributed by atoms with Gasteiger partial charge >= 0.3 is 0 Å². The van der Waals surface area contributed by atoms with Crippen molar-refractivity contribution >= 4 is 32.9 Å². The molecule has 0 bridgehead atoms. The maximum Gasteiger partial charge on any atom is 0.0323 e. The van der Waals surface area contributed by atoms with Gasteiger partial charge in [0, 0.05) is 11.4 Å². The molecule has 0 aliphatic heterocycles. The predicted octanol–water partition coefficient (Wildman–Crippen LogP) is 4.75. The highest BCUT2D eigenvalue weighted by Gasteiger charge is 2.08. The van der Waals surface area contributed by atoms with Crippen LogP contribution in [-0.2, 0) is 6.42 Å². The smallest absolute Gasteiger partial charge is 0.0323 e. The number of hydrogen-bond acceptors (Lipinski definition) is 2. The molecule has 4 rings (SSSR count). The molecule has 0 unspecified atom stereocenters. The zero-order chi connectivity index (χ0) is 15.8. The number of nitrogen functional groups attached to an aromatic ring is 2. The highest BCUT2D eigenvalue weighted by molar-refractivity contribution is 5.92. The van der Waals surface area contributed by atoms with E-state index in [0.29, 0.717) is 0 Å². The Morgan fingerprint density at radius 1 is 0.565 bits per heavy atom. The van der Waals surface area contributed by atoms with E-state index < -0.39 is 0 Å². The van der Waals surface area contributed by atoms with Crippen LogP contribution < -0.4 is 11.5 Å². The largest absolute Gasteiger partial charge is 0.399 e. The van der Waals surface area contributed by atoms with Gasteiger partial charge in [0.05, 0.1) is 0 Å². The summed E-state index contributed by atoms with van der Waals surface area (Å²) in [5, 5.41) is 4.84. The van der Waals surface area contributed by atoms with Crippen molar-refractivity contribution in [2.45, 2.75) is 6.42 Å². The third kappa shape index (κ3) is 2.49. The van der Waals surface area contributed by atoms with Crippen LogP contribution in [0.1, 0.15) is 11.1 Å². The van der Waals surface area contributed by atoms with E-state index in [9.17, 15) is 0 Å². The molecule has 0 fully saturated rings. The number of fused-ring (bicyclic) bond motifs is 2. The first-order valence-corrected chi connectivity index (χ1v) is 7.75. The van der Waals surface area contributed by atoms with Gasteiger partial charge in [-0.1, -0.05) is 48.5 Å². The minimum Gasteiger partial charge on any atom is -0.399 e. The molecule has 0 amide bonds. The van der Waals surface area contributed by atoms with Crippen molar-refractivity contribution in [3.05, 3.63) is 83.9 Å². The normalized spacial score (nSPS) is 11.1. The fourth-order valence-electron chi connectivity index (χ4n) is 3.33. The Morgan fingerprint density at radius 3 is 1.48 bits per heavy atom. The number of benzene rings is 4. The molecule has 112 valence electrons. The van der Waals surface area contributed by atoms with E-state index in [-0.39, 0.29) is 0 Å². The molecule has 0 saturated carbocycles. The van der Waals surface area contributed by atoms with Crippen LogP contribution in [0.3, 0.4) is 0 Å². The standard InChI is InChI=1S/C21H18N2/c22-18-10-14-5-1-3-7-20(14)16(12-18)9-17-13-19(23)11-15-6-2-4-8-21(15)17/h1-8,10-13H,9,22-23H2. The maximum atomic E-state index is 6.10. The Labute approximate surface area is 135 Å². The quantitative estimate of drug-likeness (QED) is 0.525. The van der Waals surface area contributed by atoms with Crippen LogP contribution in [0.25, 0.3) is 21.5 Å². The van der Waals surface area contributed by atoms with Crippen molar-refractivity contribution in [1.82, 2.24) is 0 Å². The van der Waals surface area contributed by atoms with Gasteiger partial charge in [0.25, 0.3) is 0 Å². The first kappa shape index (κ1) is 13.6. The molecule has 2 heteroatoms. The molecule has 0 heterocycles.